The van der Waals surface area contributed by atoms with Gasteiger partial charge in [-0.05, 0) is 24.3 Å². The van der Waals surface area contributed by atoms with E-state index >= 15 is 0 Å². The first-order chi connectivity index (χ1) is 9.60. The number of thioether (sulfide) groups is 1. The molecule has 0 radical (unpaired) electrons. The number of carbonyl (C=O) groups is 1. The lowest BCUT2D eigenvalue weighted by atomic mass is 10.0. The van der Waals surface area contributed by atoms with Crippen molar-refractivity contribution in [1.29, 1.82) is 0 Å². The third-order valence-electron chi connectivity index (χ3n) is 3.71. The third kappa shape index (κ3) is 2.29. The van der Waals surface area contributed by atoms with E-state index in [1.165, 1.54) is 0 Å². The molecule has 1 aromatic heterocycles. The second-order valence-corrected chi connectivity index (χ2v) is 6.20. The van der Waals surface area contributed by atoms with Gasteiger partial charge in [0.2, 0.25) is 0 Å². The van der Waals surface area contributed by atoms with Crippen molar-refractivity contribution in [2.75, 3.05) is 11.5 Å². The lowest BCUT2D eigenvalue weighted by Gasteiger charge is -2.19. The van der Waals surface area contributed by atoms with Gasteiger partial charge >= 0.3 is 0 Å². The normalized spacial score (nSPS) is 22.3. The number of para-hydroxylation sites is 2. The number of aliphatic hydroxyl groups is 1. The zero-order valence-electron chi connectivity index (χ0n) is 11.3. The topological polar surface area (TPSA) is 67.2 Å². The monoisotopic (exact) mass is 291 g/mol. The van der Waals surface area contributed by atoms with Gasteiger partial charge in [-0.1, -0.05) is 12.1 Å². The van der Waals surface area contributed by atoms with E-state index in [2.05, 4.69) is 10.3 Å². The van der Waals surface area contributed by atoms with Crippen LogP contribution in [0.1, 0.15) is 12.2 Å². The Bertz CT molecular complexity index is 647. The highest BCUT2D eigenvalue weighted by molar-refractivity contribution is 7.99. The molecule has 3 rings (SSSR count). The lowest BCUT2D eigenvalue weighted by molar-refractivity contribution is -0.137. The number of hydrogen-bond donors (Lipinski definition) is 2. The van der Waals surface area contributed by atoms with Crippen LogP contribution in [0.15, 0.2) is 24.3 Å². The summed E-state index contributed by atoms with van der Waals surface area (Å²) in [5, 5.41) is 13.0. The maximum atomic E-state index is 12.1. The number of carbonyl (C=O) groups excluding carboxylic acids is 1. The number of amides is 1. The fourth-order valence-electron chi connectivity index (χ4n) is 2.41. The number of aromatic nitrogens is 2. The second kappa shape index (κ2) is 5.10. The molecule has 20 heavy (non-hydrogen) atoms. The number of nitrogens with zero attached hydrogens (tertiary/aromatic N) is 2. The van der Waals surface area contributed by atoms with Gasteiger partial charge in [0.05, 0.1) is 17.6 Å². The Hall–Kier alpha value is -1.53. The molecular weight excluding hydrogens is 274 g/mol. The van der Waals surface area contributed by atoms with Gasteiger partial charge in [0.15, 0.2) is 5.60 Å². The first-order valence-electron chi connectivity index (χ1n) is 6.59. The molecule has 1 aromatic carbocycles. The first-order valence-corrected chi connectivity index (χ1v) is 7.74. The summed E-state index contributed by atoms with van der Waals surface area (Å²) in [6.07, 6.45) is 0.520. The molecule has 6 heteroatoms. The number of benzene rings is 1. The Morgan fingerprint density at radius 3 is 3.05 bits per heavy atom. The maximum Gasteiger partial charge on any atom is 0.253 e. The number of nitrogens with one attached hydrogen (secondary N) is 1. The summed E-state index contributed by atoms with van der Waals surface area (Å²) < 4.78 is 1.96. The number of aryl methyl sites for hydroxylation is 1. The largest absolute Gasteiger partial charge is 0.379 e. The van der Waals surface area contributed by atoms with Crippen LogP contribution in [0.25, 0.3) is 11.0 Å². The fraction of sp³-hybridized carbons (Fsp3) is 0.429. The van der Waals surface area contributed by atoms with E-state index in [1.54, 1.807) is 11.8 Å². The van der Waals surface area contributed by atoms with Crippen molar-refractivity contribution in [2.45, 2.75) is 18.6 Å². The van der Waals surface area contributed by atoms with Crippen LogP contribution in [0.2, 0.25) is 0 Å². The quantitative estimate of drug-likeness (QED) is 0.887. The molecule has 0 spiro atoms. The van der Waals surface area contributed by atoms with Crippen LogP contribution in [-0.4, -0.2) is 37.7 Å². The summed E-state index contributed by atoms with van der Waals surface area (Å²) >= 11 is 1.61. The highest BCUT2D eigenvalue weighted by Gasteiger charge is 2.39. The summed E-state index contributed by atoms with van der Waals surface area (Å²) in [4.78, 5) is 16.6. The molecule has 1 amide bonds. The van der Waals surface area contributed by atoms with E-state index in [4.69, 9.17) is 0 Å². The molecule has 5 nitrogen and oxygen atoms in total. The molecule has 1 aliphatic heterocycles. The van der Waals surface area contributed by atoms with Crippen molar-refractivity contribution in [3.63, 3.8) is 0 Å². The van der Waals surface area contributed by atoms with Gasteiger partial charge in [-0.25, -0.2) is 4.98 Å². The standard InChI is InChI=1S/C14H17N3O2S/c1-17-11-5-3-2-4-10(11)16-12(17)8-15-13(18)14(19)6-7-20-9-14/h2-5,19H,6-9H2,1H3,(H,15,18). The zero-order chi connectivity index (χ0) is 14.2. The van der Waals surface area contributed by atoms with Gasteiger partial charge < -0.3 is 15.0 Å². The highest BCUT2D eigenvalue weighted by Crippen LogP contribution is 2.27. The van der Waals surface area contributed by atoms with E-state index in [-0.39, 0.29) is 5.91 Å². The van der Waals surface area contributed by atoms with Crippen molar-refractivity contribution < 1.29 is 9.90 Å². The SMILES string of the molecule is Cn1c(CNC(=O)C2(O)CCSC2)nc2ccccc21. The minimum atomic E-state index is -1.21. The second-order valence-electron chi connectivity index (χ2n) is 5.09. The summed E-state index contributed by atoms with van der Waals surface area (Å²) in [5.41, 5.74) is 0.733. The fourth-order valence-corrected chi connectivity index (χ4v) is 3.65. The van der Waals surface area contributed by atoms with Gasteiger partial charge in [-0.15, -0.1) is 0 Å². The van der Waals surface area contributed by atoms with Crippen LogP contribution >= 0.6 is 11.8 Å². The predicted octanol–water partition coefficient (Wildman–Crippen LogP) is 1.06. The van der Waals surface area contributed by atoms with Crippen LogP contribution in [0.3, 0.4) is 0 Å². The van der Waals surface area contributed by atoms with Crippen LogP contribution in [0, 0.1) is 0 Å². The number of fused-ring (bicyclic) bond motifs is 1. The number of imidazole rings is 1. The lowest BCUT2D eigenvalue weighted by Crippen LogP contribution is -2.46. The van der Waals surface area contributed by atoms with Crippen LogP contribution in [-0.2, 0) is 18.4 Å². The summed E-state index contributed by atoms with van der Waals surface area (Å²) in [5.74, 6) is 1.79. The molecule has 1 atom stereocenters. The molecule has 0 saturated carbocycles. The van der Waals surface area contributed by atoms with Crippen LogP contribution < -0.4 is 5.32 Å². The average Bonchev–Trinajstić information content (AvgIpc) is 3.03. The molecule has 0 bridgehead atoms. The van der Waals surface area contributed by atoms with E-state index in [9.17, 15) is 9.90 Å². The zero-order valence-corrected chi connectivity index (χ0v) is 12.1. The van der Waals surface area contributed by atoms with Gasteiger partial charge in [-0.2, -0.15) is 11.8 Å². The third-order valence-corrected chi connectivity index (χ3v) is 4.88. The molecule has 1 saturated heterocycles. The van der Waals surface area contributed by atoms with Crippen molar-refractivity contribution >= 4 is 28.7 Å². The van der Waals surface area contributed by atoms with Crippen molar-refractivity contribution in [2.24, 2.45) is 7.05 Å². The minimum Gasteiger partial charge on any atom is -0.379 e. The van der Waals surface area contributed by atoms with Crippen molar-refractivity contribution in [3.8, 4) is 0 Å². The summed E-state index contributed by atoms with van der Waals surface area (Å²) in [6.45, 7) is 0.330. The van der Waals surface area contributed by atoms with Gasteiger partial charge in [0.1, 0.15) is 5.82 Å². The molecule has 1 aliphatic rings. The van der Waals surface area contributed by atoms with E-state index in [0.29, 0.717) is 18.7 Å². The predicted molar refractivity (Wildman–Crippen MR) is 79.5 cm³/mol. The molecule has 106 valence electrons. The number of rotatable bonds is 3. The average molecular weight is 291 g/mol. The van der Waals surface area contributed by atoms with E-state index in [0.717, 1.165) is 22.6 Å². The maximum absolute atomic E-state index is 12.1. The minimum absolute atomic E-state index is 0.297. The smallest absolute Gasteiger partial charge is 0.253 e. The van der Waals surface area contributed by atoms with E-state index < -0.39 is 5.60 Å². The molecule has 2 aromatic rings. The Balaban J connectivity index is 1.74. The van der Waals surface area contributed by atoms with Crippen molar-refractivity contribution in [1.82, 2.24) is 14.9 Å². The van der Waals surface area contributed by atoms with Crippen molar-refractivity contribution in [3.05, 3.63) is 30.1 Å². The summed E-state index contributed by atoms with van der Waals surface area (Å²) in [7, 11) is 1.93. The molecule has 1 unspecified atom stereocenters. The molecule has 0 aliphatic carbocycles. The summed E-state index contributed by atoms with van der Waals surface area (Å²) in [6, 6.07) is 7.84. The Kier molecular flexibility index (Phi) is 3.43. The molecular formula is C14H17N3O2S. The Morgan fingerprint density at radius 2 is 2.35 bits per heavy atom. The van der Waals surface area contributed by atoms with Gasteiger partial charge in [0.25, 0.3) is 5.91 Å². The highest BCUT2D eigenvalue weighted by atomic mass is 32.2. The number of hydrogen-bond acceptors (Lipinski definition) is 4. The first kappa shape index (κ1) is 13.5. The molecule has 2 heterocycles. The van der Waals surface area contributed by atoms with Gasteiger partial charge in [0, 0.05) is 12.8 Å². The molecule has 2 N–H and O–H groups in total. The van der Waals surface area contributed by atoms with Gasteiger partial charge in [-0.3, -0.25) is 4.79 Å². The van der Waals surface area contributed by atoms with E-state index in [1.807, 2.05) is 35.9 Å². The van der Waals surface area contributed by atoms with Crippen LogP contribution in [0.4, 0.5) is 0 Å². The Labute approximate surface area is 121 Å². The Morgan fingerprint density at radius 1 is 1.55 bits per heavy atom. The van der Waals surface area contributed by atoms with Crippen LogP contribution in [0.5, 0.6) is 0 Å². The molecule has 1 fully saturated rings.